The van der Waals surface area contributed by atoms with E-state index >= 15 is 0 Å². The fourth-order valence-electron chi connectivity index (χ4n) is 4.77. The van der Waals surface area contributed by atoms with E-state index in [0.29, 0.717) is 50.6 Å². The van der Waals surface area contributed by atoms with Crippen molar-refractivity contribution in [1.29, 1.82) is 0 Å². The molecule has 2 aliphatic heterocycles. The SMILES string of the molecule is O[C@@H]1c2ccc(OCc3ccccc3)cc2OC[C@@H]1N1CCC(O)(c2ccc(F)cc2)CC1. The molecule has 0 bridgehead atoms. The van der Waals surface area contributed by atoms with E-state index in [2.05, 4.69) is 4.90 Å². The van der Waals surface area contributed by atoms with Crippen molar-refractivity contribution in [2.75, 3.05) is 19.7 Å². The van der Waals surface area contributed by atoms with Gasteiger partial charge in [0.05, 0.1) is 11.6 Å². The number of piperidine rings is 1. The first kappa shape index (κ1) is 21.9. The molecule has 0 radical (unpaired) electrons. The number of halogens is 1. The van der Waals surface area contributed by atoms with Crippen molar-refractivity contribution in [3.63, 3.8) is 0 Å². The molecule has 0 saturated carbocycles. The lowest BCUT2D eigenvalue weighted by atomic mass is 9.83. The second-order valence-corrected chi connectivity index (χ2v) is 8.87. The van der Waals surface area contributed by atoms with Gasteiger partial charge >= 0.3 is 0 Å². The minimum absolute atomic E-state index is 0.189. The highest BCUT2D eigenvalue weighted by atomic mass is 19.1. The third-order valence-corrected chi connectivity index (χ3v) is 6.80. The molecule has 2 heterocycles. The summed E-state index contributed by atoms with van der Waals surface area (Å²) in [4.78, 5) is 2.17. The van der Waals surface area contributed by atoms with Crippen molar-refractivity contribution < 1.29 is 24.1 Å². The van der Waals surface area contributed by atoms with Gasteiger partial charge in [0.15, 0.2) is 0 Å². The Hall–Kier alpha value is -2.93. The molecule has 33 heavy (non-hydrogen) atoms. The molecular formula is C27H28FNO4. The van der Waals surface area contributed by atoms with Gasteiger partial charge in [0.25, 0.3) is 0 Å². The molecule has 1 saturated heterocycles. The van der Waals surface area contributed by atoms with Crippen molar-refractivity contribution in [2.24, 2.45) is 0 Å². The maximum absolute atomic E-state index is 13.3. The standard InChI is InChI=1S/C27H28FNO4/c28-21-8-6-20(7-9-21)27(31)12-14-29(15-13-27)24-18-33-25-16-22(10-11-23(25)26(24)30)32-17-19-4-2-1-3-5-19/h1-11,16,24,26,30-31H,12-15,17-18H2/t24-,26+/m0/s1. The molecule has 0 spiro atoms. The van der Waals surface area contributed by atoms with E-state index in [0.717, 1.165) is 16.7 Å². The predicted molar refractivity (Wildman–Crippen MR) is 123 cm³/mol. The van der Waals surface area contributed by atoms with Gasteiger partial charge in [-0.25, -0.2) is 4.39 Å². The number of rotatable bonds is 5. The molecule has 2 aliphatic rings. The van der Waals surface area contributed by atoms with Crippen LogP contribution in [0.25, 0.3) is 0 Å². The normalized spacial score (nSPS) is 22.3. The van der Waals surface area contributed by atoms with E-state index in [1.54, 1.807) is 12.1 Å². The third-order valence-electron chi connectivity index (χ3n) is 6.80. The molecule has 6 heteroatoms. The largest absolute Gasteiger partial charge is 0.491 e. The van der Waals surface area contributed by atoms with E-state index < -0.39 is 11.7 Å². The van der Waals surface area contributed by atoms with Crippen LogP contribution in [0.4, 0.5) is 4.39 Å². The fraction of sp³-hybridized carbons (Fsp3) is 0.333. The van der Waals surface area contributed by atoms with Crippen molar-refractivity contribution >= 4 is 0 Å². The summed E-state index contributed by atoms with van der Waals surface area (Å²) in [5, 5.41) is 22.2. The highest BCUT2D eigenvalue weighted by Crippen LogP contribution is 2.40. The molecule has 2 atom stereocenters. The molecular weight excluding hydrogens is 421 g/mol. The molecule has 0 unspecified atom stereocenters. The summed E-state index contributed by atoms with van der Waals surface area (Å²) >= 11 is 0. The van der Waals surface area contributed by atoms with Crippen LogP contribution in [0.1, 0.15) is 35.6 Å². The average molecular weight is 450 g/mol. The zero-order valence-corrected chi connectivity index (χ0v) is 18.4. The maximum Gasteiger partial charge on any atom is 0.128 e. The second-order valence-electron chi connectivity index (χ2n) is 8.87. The Bertz CT molecular complexity index is 1080. The molecule has 3 aromatic carbocycles. The van der Waals surface area contributed by atoms with Crippen LogP contribution < -0.4 is 9.47 Å². The molecule has 5 nitrogen and oxygen atoms in total. The number of aliphatic hydroxyl groups is 2. The van der Waals surface area contributed by atoms with E-state index in [9.17, 15) is 14.6 Å². The number of benzene rings is 3. The lowest BCUT2D eigenvalue weighted by molar-refractivity contribution is -0.0665. The van der Waals surface area contributed by atoms with Crippen LogP contribution in [-0.4, -0.2) is 40.9 Å². The van der Waals surface area contributed by atoms with Gasteiger partial charge in [-0.1, -0.05) is 42.5 Å². The van der Waals surface area contributed by atoms with Gasteiger partial charge in [-0.05, 0) is 48.2 Å². The minimum Gasteiger partial charge on any atom is -0.491 e. The Kier molecular flexibility index (Phi) is 6.06. The number of nitrogens with zero attached hydrogens (tertiary/aromatic N) is 1. The third kappa shape index (κ3) is 4.60. The van der Waals surface area contributed by atoms with Gasteiger partial charge in [0.2, 0.25) is 0 Å². The van der Waals surface area contributed by atoms with Crippen LogP contribution in [0, 0.1) is 5.82 Å². The van der Waals surface area contributed by atoms with Crippen LogP contribution in [0.5, 0.6) is 11.5 Å². The highest BCUT2D eigenvalue weighted by molar-refractivity contribution is 5.44. The van der Waals surface area contributed by atoms with Crippen molar-refractivity contribution in [3.8, 4) is 11.5 Å². The maximum atomic E-state index is 13.3. The van der Waals surface area contributed by atoms with Gasteiger partial charge < -0.3 is 19.7 Å². The monoisotopic (exact) mass is 449 g/mol. The van der Waals surface area contributed by atoms with Gasteiger partial charge in [-0.15, -0.1) is 0 Å². The van der Waals surface area contributed by atoms with E-state index in [1.165, 1.54) is 12.1 Å². The highest BCUT2D eigenvalue weighted by Gasteiger charge is 2.40. The van der Waals surface area contributed by atoms with Gasteiger partial charge in [-0.3, -0.25) is 4.90 Å². The number of likely N-dealkylation sites (tertiary alicyclic amines) is 1. The minimum atomic E-state index is -0.979. The number of hydrogen-bond acceptors (Lipinski definition) is 5. The summed E-state index contributed by atoms with van der Waals surface area (Å²) in [6, 6.07) is 21.4. The number of aliphatic hydroxyl groups excluding tert-OH is 1. The molecule has 172 valence electrons. The molecule has 2 N–H and O–H groups in total. The van der Waals surface area contributed by atoms with Crippen molar-refractivity contribution in [1.82, 2.24) is 4.90 Å². The number of hydrogen-bond donors (Lipinski definition) is 2. The number of fused-ring (bicyclic) bond motifs is 1. The Morgan fingerprint density at radius 3 is 2.45 bits per heavy atom. The summed E-state index contributed by atoms with van der Waals surface area (Å²) in [7, 11) is 0. The molecule has 0 aliphatic carbocycles. The Balaban J connectivity index is 1.22. The van der Waals surface area contributed by atoms with Gasteiger partial charge in [0.1, 0.15) is 36.6 Å². The molecule has 0 aromatic heterocycles. The van der Waals surface area contributed by atoms with Crippen LogP contribution in [-0.2, 0) is 12.2 Å². The first-order chi connectivity index (χ1) is 16.0. The van der Waals surface area contributed by atoms with Crippen molar-refractivity contribution in [3.05, 3.63) is 95.3 Å². The lowest BCUT2D eigenvalue weighted by Crippen LogP contribution is -2.52. The lowest BCUT2D eigenvalue weighted by Gasteiger charge is -2.44. The Morgan fingerprint density at radius 2 is 1.73 bits per heavy atom. The predicted octanol–water partition coefficient (Wildman–Crippen LogP) is 4.18. The first-order valence-electron chi connectivity index (χ1n) is 11.4. The first-order valence-corrected chi connectivity index (χ1v) is 11.4. The summed E-state index contributed by atoms with van der Waals surface area (Å²) in [5.41, 5.74) is 1.59. The second kappa shape index (κ2) is 9.14. The van der Waals surface area contributed by atoms with Crippen LogP contribution in [0.3, 0.4) is 0 Å². The van der Waals surface area contributed by atoms with Crippen LogP contribution >= 0.6 is 0 Å². The quantitative estimate of drug-likeness (QED) is 0.612. The zero-order valence-electron chi connectivity index (χ0n) is 18.4. The zero-order chi connectivity index (χ0) is 22.8. The Morgan fingerprint density at radius 1 is 1.00 bits per heavy atom. The summed E-state index contributed by atoms with van der Waals surface area (Å²) in [5.74, 6) is 1.03. The smallest absolute Gasteiger partial charge is 0.128 e. The summed E-state index contributed by atoms with van der Waals surface area (Å²) < 4.78 is 25.2. The molecule has 5 rings (SSSR count). The molecule has 0 amide bonds. The van der Waals surface area contributed by atoms with Crippen LogP contribution in [0.2, 0.25) is 0 Å². The summed E-state index contributed by atoms with van der Waals surface area (Å²) in [6.07, 6.45) is 0.344. The average Bonchev–Trinajstić information content (AvgIpc) is 2.85. The van der Waals surface area contributed by atoms with E-state index in [4.69, 9.17) is 9.47 Å². The van der Waals surface area contributed by atoms with Crippen molar-refractivity contribution in [2.45, 2.75) is 37.2 Å². The van der Waals surface area contributed by atoms with E-state index in [-0.39, 0.29) is 11.9 Å². The van der Waals surface area contributed by atoms with Crippen LogP contribution in [0.15, 0.2) is 72.8 Å². The van der Waals surface area contributed by atoms with E-state index in [1.807, 2.05) is 48.5 Å². The van der Waals surface area contributed by atoms with Gasteiger partial charge in [-0.2, -0.15) is 0 Å². The fourth-order valence-corrected chi connectivity index (χ4v) is 4.77. The Labute approximate surface area is 193 Å². The van der Waals surface area contributed by atoms with Gasteiger partial charge in [0, 0.05) is 24.7 Å². The molecule has 1 fully saturated rings. The topological polar surface area (TPSA) is 62.2 Å². The number of ether oxygens (including phenoxy) is 2. The molecule has 3 aromatic rings. The summed E-state index contributed by atoms with van der Waals surface area (Å²) in [6.45, 7) is 2.07.